The molecule has 1 saturated heterocycles. The summed E-state index contributed by atoms with van der Waals surface area (Å²) in [6, 6.07) is 6.05. The van der Waals surface area contributed by atoms with Gasteiger partial charge in [-0.15, -0.1) is 0 Å². The Labute approximate surface area is 342 Å². The number of aromatic amines is 2. The first-order valence-electron chi connectivity index (χ1n) is 19.8. The van der Waals surface area contributed by atoms with E-state index in [0.29, 0.717) is 40.2 Å². The van der Waals surface area contributed by atoms with E-state index in [1.54, 1.807) is 0 Å². The number of aryl methyl sites for hydroxylation is 3. The molecule has 8 bridgehead atoms. The summed E-state index contributed by atoms with van der Waals surface area (Å²) < 4.78 is 22.6. The zero-order chi connectivity index (χ0) is 42.2. The summed E-state index contributed by atoms with van der Waals surface area (Å²) >= 11 is 1.13. The Morgan fingerprint density at radius 2 is 1.62 bits per heavy atom. The van der Waals surface area contributed by atoms with Crippen molar-refractivity contribution in [3.63, 3.8) is 0 Å². The summed E-state index contributed by atoms with van der Waals surface area (Å²) in [4.78, 5) is 44.3. The number of nitrogens with one attached hydrogen (secondary N) is 2. The summed E-state index contributed by atoms with van der Waals surface area (Å²) in [7, 11) is 2.68. The molecule has 3 unspecified atom stereocenters. The quantitative estimate of drug-likeness (QED) is 0.0977. The molecule has 14 nitrogen and oxygen atoms in total. The summed E-state index contributed by atoms with van der Waals surface area (Å²) in [5.41, 5.74) is 10.3. The van der Waals surface area contributed by atoms with Crippen molar-refractivity contribution >= 4 is 56.9 Å². The van der Waals surface area contributed by atoms with Gasteiger partial charge < -0.3 is 49.3 Å². The Morgan fingerprint density at radius 3 is 2.28 bits per heavy atom. The van der Waals surface area contributed by atoms with Crippen molar-refractivity contribution in [3.8, 4) is 0 Å². The molecule has 0 spiro atoms. The van der Waals surface area contributed by atoms with Crippen molar-refractivity contribution in [1.82, 2.24) is 19.9 Å². The number of fused-ring (bicyclic) bond motifs is 8. The van der Waals surface area contributed by atoms with Crippen molar-refractivity contribution in [2.45, 2.75) is 122 Å². The van der Waals surface area contributed by atoms with Crippen LogP contribution in [0, 0.1) is 13.8 Å². The molecule has 0 amide bonds. The highest BCUT2D eigenvalue weighted by Crippen LogP contribution is 2.44. The molecule has 58 heavy (non-hydrogen) atoms. The normalized spacial score (nSPS) is 23.9. The summed E-state index contributed by atoms with van der Waals surface area (Å²) in [6.45, 7) is 13.7. The maximum Gasteiger partial charge on any atom is 0.340 e. The predicted molar refractivity (Wildman–Crippen MR) is 222 cm³/mol. The highest BCUT2D eigenvalue weighted by Gasteiger charge is 2.43. The van der Waals surface area contributed by atoms with Crippen LogP contribution in [0.5, 0.6) is 0 Å². The number of esters is 2. The van der Waals surface area contributed by atoms with Gasteiger partial charge in [0.05, 0.1) is 61.9 Å². The lowest BCUT2D eigenvalue weighted by Crippen LogP contribution is -2.57. The fraction of sp³-hybridized carbons (Fsp3) is 0.535. The van der Waals surface area contributed by atoms with Crippen LogP contribution in [0.15, 0.2) is 18.2 Å². The number of thioether (sulfide) groups is 1. The Kier molecular flexibility index (Phi) is 13.5. The Bertz CT molecular complexity index is 2250. The average molecular weight is 821 g/mol. The topological polar surface area (TPSA) is 209 Å². The smallest absolute Gasteiger partial charge is 0.340 e. The van der Waals surface area contributed by atoms with E-state index in [2.05, 4.69) is 43.7 Å². The first kappa shape index (κ1) is 43.5. The van der Waals surface area contributed by atoms with Gasteiger partial charge in [0, 0.05) is 50.7 Å². The molecular weight excluding hydrogens is 765 g/mol. The fourth-order valence-electron chi connectivity index (χ4n) is 8.47. The minimum atomic E-state index is -1.48. The number of methoxy groups -OCH3 is 2. The first-order chi connectivity index (χ1) is 27.7. The first-order valence-corrected chi connectivity index (χ1v) is 20.9. The number of ether oxygens (including phenoxy) is 4. The Morgan fingerprint density at radius 1 is 0.914 bits per heavy atom. The fourth-order valence-corrected chi connectivity index (χ4v) is 9.47. The zero-order valence-electron chi connectivity index (χ0n) is 34.6. The van der Waals surface area contributed by atoms with Crippen LogP contribution in [-0.2, 0) is 41.4 Å². The predicted octanol–water partition coefficient (Wildman–Crippen LogP) is 5.57. The number of aromatic nitrogens is 4. The summed E-state index contributed by atoms with van der Waals surface area (Å²) in [5.74, 6) is -1.08. The molecule has 3 aliphatic heterocycles. The third kappa shape index (κ3) is 8.10. The van der Waals surface area contributed by atoms with Crippen LogP contribution in [-0.4, -0.2) is 109 Å². The number of rotatable bonds is 12. The van der Waals surface area contributed by atoms with Gasteiger partial charge in [-0.2, -0.15) is 0 Å². The molecule has 6 N–H and O–H groups in total. The molecule has 314 valence electrons. The van der Waals surface area contributed by atoms with Crippen LogP contribution in [0.3, 0.4) is 0 Å². The molecule has 0 saturated carbocycles. The Balaban J connectivity index is 1.59. The minimum Gasteiger partial charge on any atom is -0.469 e. The van der Waals surface area contributed by atoms with Crippen LogP contribution >= 0.6 is 11.8 Å². The molecule has 0 radical (unpaired) electrons. The molecule has 8 atom stereocenters. The number of allylic oxidation sites excluding steroid dienone is 1. The summed E-state index contributed by atoms with van der Waals surface area (Å²) in [6.07, 6.45) is -3.55. The third-order valence-corrected chi connectivity index (χ3v) is 12.9. The molecular formula is C43H56N4O10S. The van der Waals surface area contributed by atoms with Gasteiger partial charge in [-0.3, -0.25) is 9.78 Å². The standard InChI is InChI=1S/C43H56N4O10S/c1-10-12-25-20(4)28-14-29-21(5)35(23(7)56-18-58-43-41(52)40(51)39(50)33(17-48)57-43)32(45-29)16-27-19(3)24(11-2)31(44-27)15-30-22(6)36(42(53)55-9)38(47-30)26(37(25)46-28)13-34(49)54-8/h14-16,20,23,25,33,39-41,43-45,48,50-52H,10-13,17-18H2,1-9H3/t20-,23?,25-,33?,39+,40-,41?,43-/m0/s1. The second-order valence-corrected chi connectivity index (χ2v) is 16.3. The van der Waals surface area contributed by atoms with Gasteiger partial charge in [0.15, 0.2) is 0 Å². The number of aliphatic hydroxyl groups is 4. The third-order valence-electron chi connectivity index (χ3n) is 11.9. The van der Waals surface area contributed by atoms with Crippen LogP contribution in [0.2, 0.25) is 0 Å². The van der Waals surface area contributed by atoms with Crippen LogP contribution in [0.4, 0.5) is 0 Å². The van der Waals surface area contributed by atoms with E-state index in [4.69, 9.17) is 28.9 Å². The molecule has 3 aliphatic rings. The number of hydrogen-bond donors (Lipinski definition) is 6. The second-order valence-electron chi connectivity index (χ2n) is 15.3. The van der Waals surface area contributed by atoms with Crippen LogP contribution < -0.4 is 0 Å². The maximum atomic E-state index is 13.5. The van der Waals surface area contributed by atoms with E-state index in [9.17, 15) is 30.0 Å². The van der Waals surface area contributed by atoms with Crippen LogP contribution in [0.25, 0.3) is 33.2 Å². The van der Waals surface area contributed by atoms with Crippen molar-refractivity contribution in [1.29, 1.82) is 0 Å². The average Bonchev–Trinajstić information content (AvgIpc) is 3.89. The highest BCUT2D eigenvalue weighted by atomic mass is 32.2. The highest BCUT2D eigenvalue weighted by molar-refractivity contribution is 7.99. The number of hydrogen-bond acceptors (Lipinski definition) is 13. The van der Waals surface area contributed by atoms with E-state index in [1.807, 2.05) is 32.9 Å². The van der Waals surface area contributed by atoms with E-state index >= 15 is 0 Å². The number of carbonyl (C=O) groups is 2. The van der Waals surface area contributed by atoms with Gasteiger partial charge in [-0.05, 0) is 81.0 Å². The van der Waals surface area contributed by atoms with Gasteiger partial charge in [-0.25, -0.2) is 9.78 Å². The van der Waals surface area contributed by atoms with E-state index in [1.165, 1.54) is 14.2 Å². The monoisotopic (exact) mass is 820 g/mol. The van der Waals surface area contributed by atoms with Crippen molar-refractivity contribution in [2.75, 3.05) is 26.8 Å². The number of nitrogens with zero attached hydrogens (tertiary/aromatic N) is 2. The second kappa shape index (κ2) is 18.0. The SMILES string of the molecule is CCC[C@@H]1c2nc(cc3[nH]c(cc4[nH]c(cc5nc(c2CC(=O)OC)C(C(=O)OC)=C5C)c(CC)c4C)c(C(C)OCS[C@@H]2OC(CO)[C@@H](O)[C@H](O)C2O)c3C)[C@H]1C. The van der Waals surface area contributed by atoms with Gasteiger partial charge >= 0.3 is 11.9 Å². The number of H-pyrrole nitrogens is 2. The minimum absolute atomic E-state index is 0.0518. The largest absolute Gasteiger partial charge is 0.469 e. The molecule has 6 heterocycles. The van der Waals surface area contributed by atoms with Crippen LogP contribution in [0.1, 0.15) is 116 Å². The maximum absolute atomic E-state index is 13.5. The van der Waals surface area contributed by atoms with Crippen molar-refractivity contribution in [3.05, 3.63) is 68.8 Å². The molecule has 6 rings (SSSR count). The molecule has 0 aromatic carbocycles. The van der Waals surface area contributed by atoms with Gasteiger partial charge in [0.25, 0.3) is 0 Å². The molecule has 15 heteroatoms. The molecule has 3 aromatic heterocycles. The van der Waals surface area contributed by atoms with Gasteiger partial charge in [0.1, 0.15) is 29.9 Å². The lowest BCUT2D eigenvalue weighted by Gasteiger charge is -2.39. The molecule has 0 aliphatic carbocycles. The number of aliphatic hydroxyl groups excluding tert-OH is 4. The lowest BCUT2D eigenvalue weighted by molar-refractivity contribution is -0.205. The van der Waals surface area contributed by atoms with Crippen molar-refractivity contribution < 1.29 is 49.0 Å². The summed E-state index contributed by atoms with van der Waals surface area (Å²) in [5, 5.41) is 40.8. The van der Waals surface area contributed by atoms with Gasteiger partial charge in [-0.1, -0.05) is 39.0 Å². The Hall–Kier alpha value is -4.09. The van der Waals surface area contributed by atoms with E-state index in [-0.39, 0.29) is 24.2 Å². The number of carbonyl (C=O) groups excluding carboxylic acids is 2. The lowest BCUT2D eigenvalue weighted by atomic mass is 9.84. The molecule has 1 fully saturated rings. The van der Waals surface area contributed by atoms with E-state index < -0.39 is 54.5 Å². The van der Waals surface area contributed by atoms with Crippen molar-refractivity contribution in [2.24, 2.45) is 0 Å². The van der Waals surface area contributed by atoms with Gasteiger partial charge in [0.2, 0.25) is 0 Å². The van der Waals surface area contributed by atoms with E-state index in [0.717, 1.165) is 74.6 Å². The molecule has 3 aromatic rings. The zero-order valence-corrected chi connectivity index (χ0v) is 35.5.